The first-order valence-electron chi connectivity index (χ1n) is 11.5. The Kier molecular flexibility index (Phi) is 7.36. The monoisotopic (exact) mass is 449 g/mol. The number of carbonyl (C=O) groups is 3. The topological polar surface area (TPSA) is 85.0 Å². The number of benzene rings is 2. The van der Waals surface area contributed by atoms with Crippen LogP contribution in [0, 0.1) is 0 Å². The van der Waals surface area contributed by atoms with E-state index in [1.54, 1.807) is 4.90 Å². The molecule has 0 saturated carbocycles. The molecular weight excluding hydrogens is 418 g/mol. The fourth-order valence-electron chi connectivity index (χ4n) is 4.40. The summed E-state index contributed by atoms with van der Waals surface area (Å²) in [5.41, 5.74) is 2.50. The van der Waals surface area contributed by atoms with Crippen molar-refractivity contribution in [3.05, 3.63) is 60.2 Å². The molecule has 0 aliphatic carbocycles. The van der Waals surface area contributed by atoms with Crippen molar-refractivity contribution in [1.29, 1.82) is 0 Å². The average molecular weight is 450 g/mol. The van der Waals surface area contributed by atoms with Gasteiger partial charge in [-0.25, -0.2) is 0 Å². The van der Waals surface area contributed by atoms with Crippen molar-refractivity contribution >= 4 is 29.1 Å². The molecule has 0 bridgehead atoms. The Morgan fingerprint density at radius 1 is 0.939 bits per heavy atom. The molecule has 2 aromatic carbocycles. The fourth-order valence-corrected chi connectivity index (χ4v) is 4.40. The van der Waals surface area contributed by atoms with E-state index < -0.39 is 0 Å². The predicted octanol–water partition coefficient (Wildman–Crippen LogP) is 1.68. The summed E-state index contributed by atoms with van der Waals surface area (Å²) in [7, 11) is 0. The molecule has 8 heteroatoms. The molecule has 4 rings (SSSR count). The molecule has 0 aromatic heterocycles. The first-order valence-corrected chi connectivity index (χ1v) is 11.5. The Bertz CT molecular complexity index is 989. The molecule has 1 unspecified atom stereocenters. The van der Waals surface area contributed by atoms with Crippen LogP contribution in [0.1, 0.15) is 18.9 Å². The third-order valence-corrected chi connectivity index (χ3v) is 6.15. The van der Waals surface area contributed by atoms with Gasteiger partial charge in [-0.3, -0.25) is 24.2 Å². The van der Waals surface area contributed by atoms with Gasteiger partial charge < -0.3 is 15.5 Å². The zero-order valence-electron chi connectivity index (χ0n) is 19.0. The summed E-state index contributed by atoms with van der Waals surface area (Å²) in [4.78, 5) is 43.7. The largest absolute Gasteiger partial charge is 0.351 e. The minimum atomic E-state index is -0.212. The highest BCUT2D eigenvalue weighted by atomic mass is 16.2. The van der Waals surface area contributed by atoms with Crippen LogP contribution in [0.2, 0.25) is 0 Å². The van der Waals surface area contributed by atoms with Crippen molar-refractivity contribution in [2.24, 2.45) is 0 Å². The van der Waals surface area contributed by atoms with Crippen molar-refractivity contribution in [2.75, 3.05) is 49.5 Å². The zero-order valence-corrected chi connectivity index (χ0v) is 19.0. The molecule has 0 radical (unpaired) electrons. The van der Waals surface area contributed by atoms with Crippen LogP contribution >= 0.6 is 0 Å². The zero-order chi connectivity index (χ0) is 23.2. The number of anilines is 2. The average Bonchev–Trinajstić information content (AvgIpc) is 2.93. The molecule has 1 fully saturated rings. The number of carbonyl (C=O) groups excluding carboxylic acids is 3. The maximum absolute atomic E-state index is 13.2. The van der Waals surface area contributed by atoms with Crippen LogP contribution in [-0.4, -0.2) is 72.8 Å². The van der Waals surface area contributed by atoms with Gasteiger partial charge in [0, 0.05) is 45.2 Å². The summed E-state index contributed by atoms with van der Waals surface area (Å²) in [5, 5.41) is 5.86. The number of amides is 3. The molecule has 2 aliphatic rings. The first kappa shape index (κ1) is 22.9. The summed E-state index contributed by atoms with van der Waals surface area (Å²) < 4.78 is 0. The van der Waals surface area contributed by atoms with Crippen LogP contribution in [0.5, 0.6) is 0 Å². The Balaban J connectivity index is 1.27. The fraction of sp³-hybridized carbons (Fsp3) is 0.400. The molecular formula is C25H31N5O3. The van der Waals surface area contributed by atoms with Crippen LogP contribution in [-0.2, 0) is 20.9 Å². The van der Waals surface area contributed by atoms with Crippen LogP contribution < -0.4 is 15.5 Å². The van der Waals surface area contributed by atoms with Gasteiger partial charge in [0.05, 0.1) is 24.5 Å². The summed E-state index contributed by atoms with van der Waals surface area (Å²) in [6.07, 6.45) is 0.270. The van der Waals surface area contributed by atoms with Gasteiger partial charge in [-0.15, -0.1) is 0 Å². The van der Waals surface area contributed by atoms with Gasteiger partial charge in [0.15, 0.2) is 0 Å². The Morgan fingerprint density at radius 3 is 2.30 bits per heavy atom. The smallest absolute Gasteiger partial charge is 0.241 e. The molecule has 33 heavy (non-hydrogen) atoms. The van der Waals surface area contributed by atoms with E-state index in [0.29, 0.717) is 25.3 Å². The summed E-state index contributed by atoms with van der Waals surface area (Å²) >= 11 is 0. The van der Waals surface area contributed by atoms with Crippen molar-refractivity contribution in [2.45, 2.75) is 25.9 Å². The molecule has 2 N–H and O–H groups in total. The van der Waals surface area contributed by atoms with Crippen LogP contribution in [0.15, 0.2) is 54.6 Å². The second-order valence-corrected chi connectivity index (χ2v) is 8.70. The Labute approximate surface area is 194 Å². The molecule has 1 saturated heterocycles. The van der Waals surface area contributed by atoms with Gasteiger partial charge in [0.1, 0.15) is 0 Å². The van der Waals surface area contributed by atoms with Gasteiger partial charge in [-0.1, -0.05) is 42.5 Å². The second-order valence-electron chi connectivity index (χ2n) is 8.70. The van der Waals surface area contributed by atoms with Gasteiger partial charge in [-0.2, -0.15) is 0 Å². The van der Waals surface area contributed by atoms with E-state index in [1.165, 1.54) is 0 Å². The molecule has 1 atom stereocenters. The first-order chi connectivity index (χ1) is 16.0. The highest BCUT2D eigenvalue weighted by Gasteiger charge is 2.31. The Morgan fingerprint density at radius 2 is 1.58 bits per heavy atom. The van der Waals surface area contributed by atoms with E-state index in [-0.39, 0.29) is 30.2 Å². The van der Waals surface area contributed by atoms with E-state index in [9.17, 15) is 14.4 Å². The molecule has 8 nitrogen and oxygen atoms in total. The summed E-state index contributed by atoms with van der Waals surface area (Å²) in [6, 6.07) is 17.1. The maximum Gasteiger partial charge on any atom is 0.241 e. The minimum absolute atomic E-state index is 0.00976. The van der Waals surface area contributed by atoms with Gasteiger partial charge in [0.2, 0.25) is 17.7 Å². The summed E-state index contributed by atoms with van der Waals surface area (Å²) in [6.45, 7) is 6.00. The third-order valence-electron chi connectivity index (χ3n) is 6.15. The van der Waals surface area contributed by atoms with Crippen molar-refractivity contribution in [3.8, 4) is 0 Å². The number of fused-ring (bicyclic) bond motifs is 1. The predicted molar refractivity (Wildman–Crippen MR) is 128 cm³/mol. The highest BCUT2D eigenvalue weighted by molar-refractivity contribution is 6.04. The van der Waals surface area contributed by atoms with Crippen molar-refractivity contribution < 1.29 is 14.4 Å². The maximum atomic E-state index is 13.2. The third kappa shape index (κ3) is 5.97. The van der Waals surface area contributed by atoms with E-state index in [2.05, 4.69) is 20.4 Å². The Hall–Kier alpha value is -3.23. The number of nitrogens with one attached hydrogen (secondary N) is 2. The number of nitrogens with zero attached hydrogens (tertiary/aromatic N) is 3. The lowest BCUT2D eigenvalue weighted by Crippen LogP contribution is -2.52. The van der Waals surface area contributed by atoms with E-state index in [0.717, 1.165) is 37.4 Å². The molecule has 0 spiro atoms. The SMILES string of the molecule is CC1CC(=O)Nc2ccccc2N1C(=O)CN1CCN(CC(=O)NCc2ccccc2)CC1. The molecule has 174 valence electrons. The molecule has 2 aromatic rings. The number of para-hydroxylation sites is 2. The number of hydrogen-bond acceptors (Lipinski definition) is 5. The second kappa shape index (κ2) is 10.6. The van der Waals surface area contributed by atoms with Gasteiger partial charge in [0.25, 0.3) is 0 Å². The van der Waals surface area contributed by atoms with E-state index in [4.69, 9.17) is 0 Å². The van der Waals surface area contributed by atoms with Crippen molar-refractivity contribution in [1.82, 2.24) is 15.1 Å². The highest BCUT2D eigenvalue weighted by Crippen LogP contribution is 2.31. The van der Waals surface area contributed by atoms with Gasteiger partial charge in [-0.05, 0) is 24.6 Å². The van der Waals surface area contributed by atoms with Gasteiger partial charge >= 0.3 is 0 Å². The quantitative estimate of drug-likeness (QED) is 0.701. The number of hydrogen-bond donors (Lipinski definition) is 2. The lowest BCUT2D eigenvalue weighted by molar-refractivity contribution is -0.124. The summed E-state index contributed by atoms with van der Waals surface area (Å²) in [5.74, 6) is -0.0829. The van der Waals surface area contributed by atoms with E-state index >= 15 is 0 Å². The molecule has 2 aliphatic heterocycles. The van der Waals surface area contributed by atoms with E-state index in [1.807, 2.05) is 61.5 Å². The lowest BCUT2D eigenvalue weighted by atomic mass is 10.1. The lowest BCUT2D eigenvalue weighted by Gasteiger charge is -2.36. The normalized spacial score (nSPS) is 19.4. The number of piperazine rings is 1. The molecule has 3 amide bonds. The van der Waals surface area contributed by atoms with Crippen LogP contribution in [0.4, 0.5) is 11.4 Å². The van der Waals surface area contributed by atoms with Crippen molar-refractivity contribution in [3.63, 3.8) is 0 Å². The van der Waals surface area contributed by atoms with Crippen LogP contribution in [0.25, 0.3) is 0 Å². The minimum Gasteiger partial charge on any atom is -0.351 e. The van der Waals surface area contributed by atoms with Crippen LogP contribution in [0.3, 0.4) is 0 Å². The number of rotatable bonds is 6. The standard InChI is InChI=1S/C25H31N5O3/c1-19-15-23(31)27-21-9-5-6-10-22(21)30(19)25(33)18-29-13-11-28(12-14-29)17-24(32)26-16-20-7-3-2-4-8-20/h2-10,19H,11-18H2,1H3,(H,26,32)(H,27,31). The molecule has 2 heterocycles.